The molecule has 0 amide bonds. The molecule has 2 unspecified atom stereocenters. The van der Waals surface area contributed by atoms with Gasteiger partial charge in [-0.05, 0) is 38.5 Å². The number of carbonyl (C=O) groups excluding carboxylic acids is 1. The van der Waals surface area contributed by atoms with Crippen LogP contribution in [-0.2, 0) is 27.9 Å². The number of carbonyl (C=O) groups is 1. The van der Waals surface area contributed by atoms with Crippen molar-refractivity contribution in [3.63, 3.8) is 0 Å². The van der Waals surface area contributed by atoms with Crippen molar-refractivity contribution >= 4 is 13.8 Å². The van der Waals surface area contributed by atoms with Gasteiger partial charge in [0.2, 0.25) is 0 Å². The summed E-state index contributed by atoms with van der Waals surface area (Å²) in [5.41, 5.74) is 0. The smallest absolute Gasteiger partial charge is 0.306 e. The third-order valence-electron chi connectivity index (χ3n) is 10.6. The second-order valence-corrected chi connectivity index (χ2v) is 18.9. The summed E-state index contributed by atoms with van der Waals surface area (Å²) >= 11 is 0. The maximum atomic E-state index is 12.7. The maximum Gasteiger partial charge on any atom is 0.306 e. The number of rotatable bonds is 45. The minimum atomic E-state index is -4.52. The van der Waals surface area contributed by atoms with Crippen LogP contribution in [0.1, 0.15) is 226 Å². The van der Waals surface area contributed by atoms with E-state index in [-0.39, 0.29) is 25.8 Å². The van der Waals surface area contributed by atoms with Gasteiger partial charge in [0.25, 0.3) is 7.82 Å². The molecule has 0 saturated heterocycles. The number of quaternary nitrogens is 1. The van der Waals surface area contributed by atoms with Gasteiger partial charge in [-0.25, -0.2) is 0 Å². The standard InChI is InChI=1S/C47H94NO7P/c1-6-8-10-12-14-16-18-20-21-22-23-24-25-26-27-28-29-31-33-35-37-39-42-52-44-46(45-54-56(50,51)53-43-41-48(3,4)5)55-47(49)40-38-36-34-32-30-19-17-15-13-11-9-7-2/h22-23,46H,6-21,24-45H2,1-5H3/b23-22-. The van der Waals surface area contributed by atoms with Crippen molar-refractivity contribution in [2.45, 2.75) is 232 Å². The average molecular weight is 816 g/mol. The molecular weight excluding hydrogens is 721 g/mol. The van der Waals surface area contributed by atoms with E-state index < -0.39 is 13.9 Å². The summed E-state index contributed by atoms with van der Waals surface area (Å²) in [6.45, 7) is 5.45. The lowest BCUT2D eigenvalue weighted by molar-refractivity contribution is -0.870. The van der Waals surface area contributed by atoms with Gasteiger partial charge >= 0.3 is 5.97 Å². The topological polar surface area (TPSA) is 94.1 Å². The highest BCUT2D eigenvalue weighted by Gasteiger charge is 2.20. The zero-order chi connectivity index (χ0) is 41.3. The molecule has 0 spiro atoms. The highest BCUT2D eigenvalue weighted by atomic mass is 31.2. The van der Waals surface area contributed by atoms with E-state index >= 15 is 0 Å². The highest BCUT2D eigenvalue weighted by molar-refractivity contribution is 7.45. The van der Waals surface area contributed by atoms with Gasteiger partial charge in [0.05, 0.1) is 34.4 Å². The summed E-state index contributed by atoms with van der Waals surface area (Å²) in [4.78, 5) is 25.0. The van der Waals surface area contributed by atoms with Crippen LogP contribution >= 0.6 is 7.82 Å². The number of allylic oxidation sites excluding steroid dienone is 2. The Bertz CT molecular complexity index is 909. The third kappa shape index (κ3) is 44.3. The van der Waals surface area contributed by atoms with E-state index in [1.807, 2.05) is 21.1 Å². The van der Waals surface area contributed by atoms with E-state index in [1.54, 1.807) is 0 Å². The molecule has 0 bridgehead atoms. The van der Waals surface area contributed by atoms with Crippen LogP contribution in [0.3, 0.4) is 0 Å². The first-order valence-electron chi connectivity index (χ1n) is 23.9. The third-order valence-corrected chi connectivity index (χ3v) is 11.5. The molecule has 0 heterocycles. The molecule has 0 N–H and O–H groups in total. The van der Waals surface area contributed by atoms with Crippen molar-refractivity contribution in [2.75, 3.05) is 54.1 Å². The predicted octanol–water partition coefficient (Wildman–Crippen LogP) is 13.6. The van der Waals surface area contributed by atoms with E-state index in [1.165, 1.54) is 173 Å². The molecule has 0 aromatic carbocycles. The van der Waals surface area contributed by atoms with Gasteiger partial charge in [-0.1, -0.05) is 193 Å². The van der Waals surface area contributed by atoms with Gasteiger partial charge in [-0.15, -0.1) is 0 Å². The fraction of sp³-hybridized carbons (Fsp3) is 0.936. The summed E-state index contributed by atoms with van der Waals surface area (Å²) in [6, 6.07) is 0. The second-order valence-electron chi connectivity index (χ2n) is 17.5. The van der Waals surface area contributed by atoms with Crippen molar-refractivity contribution in [3.05, 3.63) is 12.2 Å². The largest absolute Gasteiger partial charge is 0.756 e. The summed E-state index contributed by atoms with van der Waals surface area (Å²) in [5.74, 6) is -0.331. The summed E-state index contributed by atoms with van der Waals surface area (Å²) in [6.07, 6.45) is 45.1. The lowest BCUT2D eigenvalue weighted by atomic mass is 10.0. The van der Waals surface area contributed by atoms with Gasteiger partial charge in [-0.3, -0.25) is 9.36 Å². The first kappa shape index (κ1) is 55.2. The Labute approximate surface area is 348 Å². The lowest BCUT2D eigenvalue weighted by Gasteiger charge is -2.28. The first-order chi connectivity index (χ1) is 27.1. The number of hydrogen-bond acceptors (Lipinski definition) is 7. The van der Waals surface area contributed by atoms with Crippen LogP contribution < -0.4 is 4.89 Å². The van der Waals surface area contributed by atoms with Crippen molar-refractivity contribution < 1.29 is 37.3 Å². The van der Waals surface area contributed by atoms with Crippen LogP contribution in [0.2, 0.25) is 0 Å². The molecule has 334 valence electrons. The van der Waals surface area contributed by atoms with Crippen molar-refractivity contribution in [1.82, 2.24) is 0 Å². The number of phosphoric ester groups is 1. The zero-order valence-corrected chi connectivity index (χ0v) is 38.7. The summed E-state index contributed by atoms with van der Waals surface area (Å²) < 4.78 is 34.6. The molecule has 0 aromatic heterocycles. The van der Waals surface area contributed by atoms with Crippen LogP contribution in [0.5, 0.6) is 0 Å². The molecule has 0 aromatic rings. The molecule has 0 aliphatic heterocycles. The van der Waals surface area contributed by atoms with Crippen LogP contribution in [0.25, 0.3) is 0 Å². The molecule has 0 rings (SSSR count). The molecule has 8 nitrogen and oxygen atoms in total. The lowest BCUT2D eigenvalue weighted by Crippen LogP contribution is -2.37. The number of nitrogens with zero attached hydrogens (tertiary/aromatic N) is 1. The van der Waals surface area contributed by atoms with Crippen LogP contribution in [0.15, 0.2) is 12.2 Å². The number of ether oxygens (including phenoxy) is 2. The molecule has 0 aliphatic carbocycles. The Balaban J connectivity index is 4.08. The zero-order valence-electron chi connectivity index (χ0n) is 37.9. The van der Waals surface area contributed by atoms with Gasteiger partial charge in [0, 0.05) is 13.0 Å². The van der Waals surface area contributed by atoms with Crippen molar-refractivity contribution in [3.8, 4) is 0 Å². The quantitative estimate of drug-likeness (QED) is 0.0199. The van der Waals surface area contributed by atoms with Gasteiger partial charge in [0.1, 0.15) is 19.3 Å². The Morgan fingerprint density at radius 1 is 0.536 bits per heavy atom. The van der Waals surface area contributed by atoms with E-state index in [2.05, 4.69) is 26.0 Å². The molecule has 0 radical (unpaired) electrons. The average Bonchev–Trinajstić information content (AvgIpc) is 3.15. The Kier molecular flexibility index (Phi) is 40.4. The van der Waals surface area contributed by atoms with Crippen molar-refractivity contribution in [2.24, 2.45) is 0 Å². The minimum absolute atomic E-state index is 0.0293. The number of likely N-dealkylation sites (N-methyl/N-ethyl adjacent to an activating group) is 1. The van der Waals surface area contributed by atoms with Crippen LogP contribution in [-0.4, -0.2) is 70.7 Å². The van der Waals surface area contributed by atoms with E-state index in [0.717, 1.165) is 32.1 Å². The molecule has 0 aliphatic rings. The number of unbranched alkanes of at least 4 members (excludes halogenated alkanes) is 29. The molecule has 2 atom stereocenters. The normalized spacial score (nSPS) is 13.8. The molecular formula is C47H94NO7P. The van der Waals surface area contributed by atoms with Crippen molar-refractivity contribution in [1.29, 1.82) is 0 Å². The first-order valence-corrected chi connectivity index (χ1v) is 25.4. The summed E-state index contributed by atoms with van der Waals surface area (Å²) in [7, 11) is 1.37. The SMILES string of the molecule is CCCCCCCCCC/C=C\CCCCCCCCCCCCOCC(COP(=O)([O-])OCC[N+](C)(C)C)OC(=O)CCCCCCCCCCCCCC. The Morgan fingerprint density at radius 2 is 0.929 bits per heavy atom. The second kappa shape index (κ2) is 41.0. The Hall–Kier alpha value is -0.760. The highest BCUT2D eigenvalue weighted by Crippen LogP contribution is 2.38. The van der Waals surface area contributed by atoms with E-state index in [9.17, 15) is 14.3 Å². The molecule has 0 fully saturated rings. The predicted molar refractivity (Wildman–Crippen MR) is 236 cm³/mol. The van der Waals surface area contributed by atoms with E-state index in [4.69, 9.17) is 18.5 Å². The van der Waals surface area contributed by atoms with Gasteiger partial charge in [0.15, 0.2) is 0 Å². The molecule has 0 saturated carbocycles. The maximum absolute atomic E-state index is 12.7. The van der Waals surface area contributed by atoms with Crippen LogP contribution in [0, 0.1) is 0 Å². The Morgan fingerprint density at radius 3 is 1.36 bits per heavy atom. The number of hydrogen-bond donors (Lipinski definition) is 0. The fourth-order valence-corrected chi connectivity index (χ4v) is 7.57. The number of phosphoric acid groups is 1. The molecule has 56 heavy (non-hydrogen) atoms. The summed E-state index contributed by atoms with van der Waals surface area (Å²) in [5, 5.41) is 0. The monoisotopic (exact) mass is 816 g/mol. The number of esters is 1. The van der Waals surface area contributed by atoms with Gasteiger partial charge in [-0.2, -0.15) is 0 Å². The van der Waals surface area contributed by atoms with Gasteiger partial charge < -0.3 is 27.9 Å². The van der Waals surface area contributed by atoms with Crippen LogP contribution in [0.4, 0.5) is 0 Å². The fourth-order valence-electron chi connectivity index (χ4n) is 6.84. The minimum Gasteiger partial charge on any atom is -0.756 e. The molecule has 9 heteroatoms. The van der Waals surface area contributed by atoms with E-state index in [0.29, 0.717) is 24.1 Å².